The Balaban J connectivity index is 0.000000720. The van der Waals surface area contributed by atoms with Crippen LogP contribution in [-0.2, 0) is 4.79 Å². The normalized spacial score (nSPS) is 38.8. The van der Waals surface area contributed by atoms with Crippen LogP contribution in [0.2, 0.25) is 0 Å². The second-order valence-corrected chi connectivity index (χ2v) is 3.67. The van der Waals surface area contributed by atoms with Crippen molar-refractivity contribution in [1.82, 2.24) is 5.32 Å². The molecule has 0 spiro atoms. The van der Waals surface area contributed by atoms with Gasteiger partial charge in [0.15, 0.2) is 0 Å². The lowest BCUT2D eigenvalue weighted by Gasteiger charge is -2.26. The molecule has 4 heteroatoms. The second-order valence-electron chi connectivity index (χ2n) is 3.67. The van der Waals surface area contributed by atoms with Gasteiger partial charge in [0.2, 0.25) is 0 Å². The van der Waals surface area contributed by atoms with Gasteiger partial charge in [-0.15, -0.1) is 12.4 Å². The Morgan fingerprint density at radius 1 is 1.33 bits per heavy atom. The summed E-state index contributed by atoms with van der Waals surface area (Å²) in [5.41, 5.74) is 0. The lowest BCUT2D eigenvalue weighted by Crippen LogP contribution is -2.45. The standard InChI is InChI=1S/C8H13NO2.ClH/c10-8(11)7-4-5-1-2-6(3-5)9-7;/h5-7,9H,1-4H2,(H,10,11);1H. The van der Waals surface area contributed by atoms with Crippen molar-refractivity contribution in [3.05, 3.63) is 0 Å². The average molecular weight is 192 g/mol. The number of piperidine rings is 1. The van der Waals surface area contributed by atoms with Crippen LogP contribution in [0.3, 0.4) is 0 Å². The van der Waals surface area contributed by atoms with Gasteiger partial charge in [-0.05, 0) is 31.6 Å². The van der Waals surface area contributed by atoms with E-state index in [1.165, 1.54) is 19.3 Å². The Morgan fingerprint density at radius 3 is 2.67 bits per heavy atom. The highest BCUT2D eigenvalue weighted by molar-refractivity contribution is 5.85. The van der Waals surface area contributed by atoms with E-state index in [4.69, 9.17) is 5.11 Å². The zero-order chi connectivity index (χ0) is 7.84. The topological polar surface area (TPSA) is 49.3 Å². The van der Waals surface area contributed by atoms with Gasteiger partial charge in [0, 0.05) is 6.04 Å². The van der Waals surface area contributed by atoms with E-state index in [1.807, 2.05) is 0 Å². The lowest BCUT2D eigenvalue weighted by molar-refractivity contribution is -0.140. The van der Waals surface area contributed by atoms with Crippen LogP contribution in [0.1, 0.15) is 25.7 Å². The average Bonchev–Trinajstić information content (AvgIpc) is 2.30. The maximum absolute atomic E-state index is 10.6. The van der Waals surface area contributed by atoms with E-state index < -0.39 is 5.97 Å². The highest BCUT2D eigenvalue weighted by atomic mass is 35.5. The lowest BCUT2D eigenvalue weighted by atomic mass is 9.94. The van der Waals surface area contributed by atoms with Crippen molar-refractivity contribution in [2.45, 2.75) is 37.8 Å². The molecule has 70 valence electrons. The van der Waals surface area contributed by atoms with Crippen molar-refractivity contribution in [2.75, 3.05) is 0 Å². The molecule has 2 rings (SSSR count). The maximum Gasteiger partial charge on any atom is 0.320 e. The minimum Gasteiger partial charge on any atom is -0.480 e. The quantitative estimate of drug-likeness (QED) is 0.651. The Bertz CT molecular complexity index is 174. The molecule has 0 amide bonds. The number of rotatable bonds is 1. The SMILES string of the molecule is Cl.O=C(O)C1CC2CCC(C2)N1. The predicted octanol–water partition coefficient (Wildman–Crippen LogP) is 1.02. The molecule has 1 saturated heterocycles. The smallest absolute Gasteiger partial charge is 0.320 e. The number of carbonyl (C=O) groups is 1. The molecule has 0 aromatic rings. The fourth-order valence-electron chi connectivity index (χ4n) is 2.30. The summed E-state index contributed by atoms with van der Waals surface area (Å²) in [5, 5.41) is 11.9. The molecule has 2 bridgehead atoms. The number of hydrogen-bond donors (Lipinski definition) is 2. The molecule has 2 fully saturated rings. The summed E-state index contributed by atoms with van der Waals surface area (Å²) >= 11 is 0. The molecule has 1 aliphatic carbocycles. The Hall–Kier alpha value is -0.280. The van der Waals surface area contributed by atoms with E-state index in [1.54, 1.807) is 0 Å². The molecule has 3 unspecified atom stereocenters. The molecule has 2 aliphatic rings. The van der Waals surface area contributed by atoms with Crippen LogP contribution in [0.15, 0.2) is 0 Å². The molecule has 2 N–H and O–H groups in total. The van der Waals surface area contributed by atoms with E-state index in [-0.39, 0.29) is 18.4 Å². The summed E-state index contributed by atoms with van der Waals surface area (Å²) in [6.45, 7) is 0. The van der Waals surface area contributed by atoms with Crippen molar-refractivity contribution in [3.63, 3.8) is 0 Å². The molecule has 0 radical (unpaired) electrons. The zero-order valence-electron chi connectivity index (χ0n) is 6.82. The fourth-order valence-corrected chi connectivity index (χ4v) is 2.30. The number of carboxylic acids is 1. The molecule has 1 aliphatic heterocycles. The summed E-state index contributed by atoms with van der Waals surface area (Å²) in [7, 11) is 0. The van der Waals surface area contributed by atoms with Crippen LogP contribution in [0.25, 0.3) is 0 Å². The molecule has 3 atom stereocenters. The molecule has 3 nitrogen and oxygen atoms in total. The molecule has 1 saturated carbocycles. The number of halogens is 1. The van der Waals surface area contributed by atoms with Gasteiger partial charge >= 0.3 is 5.97 Å². The molecule has 12 heavy (non-hydrogen) atoms. The number of fused-ring (bicyclic) bond motifs is 2. The number of nitrogens with one attached hydrogen (secondary N) is 1. The Labute approximate surface area is 77.9 Å². The summed E-state index contributed by atoms with van der Waals surface area (Å²) in [5.74, 6) is 0.00366. The first-order chi connectivity index (χ1) is 5.25. The largest absolute Gasteiger partial charge is 0.480 e. The van der Waals surface area contributed by atoms with Gasteiger partial charge in [-0.25, -0.2) is 0 Å². The fraction of sp³-hybridized carbons (Fsp3) is 0.875. The minimum atomic E-state index is -0.679. The maximum atomic E-state index is 10.6. The predicted molar refractivity (Wildman–Crippen MR) is 47.6 cm³/mol. The third kappa shape index (κ3) is 1.72. The number of hydrogen-bond acceptors (Lipinski definition) is 2. The third-order valence-corrected chi connectivity index (χ3v) is 2.85. The van der Waals surface area contributed by atoms with Gasteiger partial charge in [-0.2, -0.15) is 0 Å². The number of carboxylic acid groups (broad SMARTS) is 1. The van der Waals surface area contributed by atoms with Crippen molar-refractivity contribution in [2.24, 2.45) is 5.92 Å². The van der Waals surface area contributed by atoms with Gasteiger partial charge in [-0.3, -0.25) is 4.79 Å². The third-order valence-electron chi connectivity index (χ3n) is 2.85. The van der Waals surface area contributed by atoms with Crippen LogP contribution in [0.5, 0.6) is 0 Å². The van der Waals surface area contributed by atoms with Crippen LogP contribution in [0, 0.1) is 5.92 Å². The van der Waals surface area contributed by atoms with E-state index >= 15 is 0 Å². The molecule has 0 aromatic heterocycles. The van der Waals surface area contributed by atoms with E-state index in [2.05, 4.69) is 5.32 Å². The first-order valence-corrected chi connectivity index (χ1v) is 4.24. The minimum absolute atomic E-state index is 0. The van der Waals surface area contributed by atoms with Crippen molar-refractivity contribution < 1.29 is 9.90 Å². The van der Waals surface area contributed by atoms with Crippen LogP contribution >= 0.6 is 12.4 Å². The molecular formula is C8H14ClNO2. The van der Waals surface area contributed by atoms with Gasteiger partial charge < -0.3 is 10.4 Å². The van der Waals surface area contributed by atoms with Gasteiger partial charge in [0.25, 0.3) is 0 Å². The van der Waals surface area contributed by atoms with E-state index in [9.17, 15) is 4.79 Å². The zero-order valence-corrected chi connectivity index (χ0v) is 7.64. The van der Waals surface area contributed by atoms with Crippen LogP contribution in [0.4, 0.5) is 0 Å². The van der Waals surface area contributed by atoms with Crippen molar-refractivity contribution in [1.29, 1.82) is 0 Å². The summed E-state index contributed by atoms with van der Waals surface area (Å²) in [6, 6.07) is 0.232. The summed E-state index contributed by atoms with van der Waals surface area (Å²) in [4.78, 5) is 10.6. The molecule has 0 aromatic carbocycles. The Morgan fingerprint density at radius 2 is 2.08 bits per heavy atom. The van der Waals surface area contributed by atoms with Crippen LogP contribution < -0.4 is 5.32 Å². The second kappa shape index (κ2) is 3.62. The number of aliphatic carboxylic acids is 1. The molecule has 1 heterocycles. The van der Waals surface area contributed by atoms with Crippen molar-refractivity contribution >= 4 is 18.4 Å². The van der Waals surface area contributed by atoms with Gasteiger partial charge in [0.05, 0.1) is 0 Å². The molecular weight excluding hydrogens is 178 g/mol. The van der Waals surface area contributed by atoms with Crippen LogP contribution in [-0.4, -0.2) is 23.2 Å². The monoisotopic (exact) mass is 191 g/mol. The van der Waals surface area contributed by atoms with E-state index in [0.717, 1.165) is 6.42 Å². The van der Waals surface area contributed by atoms with Crippen molar-refractivity contribution in [3.8, 4) is 0 Å². The highest BCUT2D eigenvalue weighted by Crippen LogP contribution is 2.33. The first kappa shape index (κ1) is 9.81. The van der Waals surface area contributed by atoms with Gasteiger partial charge in [-0.1, -0.05) is 0 Å². The van der Waals surface area contributed by atoms with E-state index in [0.29, 0.717) is 12.0 Å². The summed E-state index contributed by atoms with van der Waals surface area (Å²) < 4.78 is 0. The first-order valence-electron chi connectivity index (χ1n) is 4.24. The Kier molecular flexibility index (Phi) is 2.96. The van der Waals surface area contributed by atoms with Gasteiger partial charge in [0.1, 0.15) is 6.04 Å². The highest BCUT2D eigenvalue weighted by Gasteiger charge is 2.36. The summed E-state index contributed by atoms with van der Waals surface area (Å²) in [6.07, 6.45) is 4.44.